The van der Waals surface area contributed by atoms with Crippen molar-refractivity contribution < 1.29 is 6.22 Å². The van der Waals surface area contributed by atoms with Crippen LogP contribution in [0.15, 0.2) is 0 Å². The van der Waals surface area contributed by atoms with E-state index in [4.69, 9.17) is 5.73 Å². The second-order valence-electron chi connectivity index (χ2n) is 2.40. The largest absolute Gasteiger partial charge is 0.327 e. The molecule has 0 spiro atoms. The Morgan fingerprint density at radius 1 is 1.75 bits per heavy atom. The zero-order valence-electron chi connectivity index (χ0n) is 4.89. The van der Waals surface area contributed by atoms with E-state index in [0.29, 0.717) is 12.2 Å². The quantitative estimate of drug-likeness (QED) is 0.505. The molecule has 1 fully saturated rings. The number of carbonyl (C=O) groups excluding carboxylic acids is 1. The highest BCUT2D eigenvalue weighted by molar-refractivity contribution is 5.79. The van der Waals surface area contributed by atoms with Crippen LogP contribution in [0.3, 0.4) is 0 Å². The van der Waals surface area contributed by atoms with Gasteiger partial charge < -0.3 is 5.73 Å². The normalized spacial score (nSPS) is 30.6. The highest BCUT2D eigenvalue weighted by Gasteiger charge is 2.14. The molecule has 1 saturated carbocycles. The average Bonchev–Trinajstić information content (AvgIpc) is 1.64. The second-order valence-corrected chi connectivity index (χ2v) is 2.40. The lowest BCUT2D eigenvalue weighted by Gasteiger charge is -2.14. The van der Waals surface area contributed by atoms with Crippen molar-refractivity contribution in [2.45, 2.75) is 31.7 Å². The first-order valence-corrected chi connectivity index (χ1v) is 3.06. The second kappa shape index (κ2) is 2.27. The Morgan fingerprint density at radius 2 is 2.50 bits per heavy atom. The van der Waals surface area contributed by atoms with E-state index in [2.05, 4.69) is 0 Å². The Morgan fingerprint density at radius 3 is 2.88 bits per heavy atom. The van der Waals surface area contributed by atoms with Gasteiger partial charge in [-0.2, -0.15) is 0 Å². The molecule has 0 radical (unpaired) electrons. The molecule has 0 aromatic heterocycles. The molecule has 1 rings (SSSR count). The molecular formula is C6H13NO. The summed E-state index contributed by atoms with van der Waals surface area (Å²) in [6, 6.07) is 0.163. The highest BCUT2D eigenvalue weighted by atomic mass is 16.1. The number of rotatable bonds is 0. The van der Waals surface area contributed by atoms with Gasteiger partial charge in [0.2, 0.25) is 0 Å². The van der Waals surface area contributed by atoms with Crippen LogP contribution in [0.4, 0.5) is 0 Å². The van der Waals surface area contributed by atoms with Gasteiger partial charge in [-0.15, -0.1) is 0 Å². The zero-order valence-corrected chi connectivity index (χ0v) is 4.89. The van der Waals surface area contributed by atoms with E-state index in [0.717, 1.165) is 19.3 Å². The molecule has 0 saturated heterocycles. The van der Waals surface area contributed by atoms with Crippen LogP contribution >= 0.6 is 0 Å². The van der Waals surface area contributed by atoms with Crippen LogP contribution in [0.5, 0.6) is 0 Å². The van der Waals surface area contributed by atoms with Gasteiger partial charge in [0, 0.05) is 20.3 Å². The lowest BCUT2D eigenvalue weighted by atomic mass is 9.95. The van der Waals surface area contributed by atoms with Crippen molar-refractivity contribution in [2.75, 3.05) is 0 Å². The van der Waals surface area contributed by atoms with Crippen molar-refractivity contribution >= 4 is 5.78 Å². The topological polar surface area (TPSA) is 43.1 Å². The van der Waals surface area contributed by atoms with Gasteiger partial charge in [0.05, 0.1) is 0 Å². The first-order chi connectivity index (χ1) is 3.79. The molecule has 0 heterocycles. The molecule has 0 amide bonds. The molecule has 1 aliphatic rings. The SMILES string of the molecule is NC1CCCC(=O)C1.[HH]. The third kappa shape index (κ3) is 1.30. The molecule has 0 aromatic rings. The van der Waals surface area contributed by atoms with Gasteiger partial charge in [-0.25, -0.2) is 0 Å². The standard InChI is InChI=1S/C6H11NO.H2/c7-5-2-1-3-6(8)4-5;/h5H,1-4,7H2;1H. The highest BCUT2D eigenvalue weighted by Crippen LogP contribution is 2.11. The Hall–Kier alpha value is -0.370. The summed E-state index contributed by atoms with van der Waals surface area (Å²) < 4.78 is 0. The molecule has 8 heavy (non-hydrogen) atoms. The van der Waals surface area contributed by atoms with Crippen LogP contribution in [-0.2, 0) is 4.79 Å². The van der Waals surface area contributed by atoms with Crippen LogP contribution in [0.2, 0.25) is 0 Å². The number of hydrogen-bond donors (Lipinski definition) is 1. The van der Waals surface area contributed by atoms with Crippen molar-refractivity contribution in [2.24, 2.45) is 5.73 Å². The van der Waals surface area contributed by atoms with Gasteiger partial charge in [0.15, 0.2) is 0 Å². The first-order valence-electron chi connectivity index (χ1n) is 3.06. The molecular weight excluding hydrogens is 102 g/mol. The van der Waals surface area contributed by atoms with Gasteiger partial charge in [-0.3, -0.25) is 4.79 Å². The van der Waals surface area contributed by atoms with Gasteiger partial charge in [-0.1, -0.05) is 0 Å². The van der Waals surface area contributed by atoms with Crippen LogP contribution in [0, 0.1) is 0 Å². The summed E-state index contributed by atoms with van der Waals surface area (Å²) in [5.74, 6) is 0.337. The van der Waals surface area contributed by atoms with Crippen LogP contribution < -0.4 is 5.73 Å². The number of carbonyl (C=O) groups is 1. The molecule has 1 atom stereocenters. The van der Waals surface area contributed by atoms with Crippen molar-refractivity contribution in [1.29, 1.82) is 0 Å². The number of nitrogens with two attached hydrogens (primary N) is 1. The van der Waals surface area contributed by atoms with Gasteiger partial charge in [0.25, 0.3) is 0 Å². The molecule has 1 unspecified atom stereocenters. The number of Topliss-reactive ketones (excluding diaryl/α,β-unsaturated/α-hetero) is 1. The van der Waals surface area contributed by atoms with Gasteiger partial charge in [0.1, 0.15) is 5.78 Å². The van der Waals surface area contributed by atoms with E-state index in [-0.39, 0.29) is 7.47 Å². The van der Waals surface area contributed by atoms with E-state index in [1.165, 1.54) is 0 Å². The maximum atomic E-state index is 10.6. The fourth-order valence-electron chi connectivity index (χ4n) is 1.06. The van der Waals surface area contributed by atoms with Gasteiger partial charge in [-0.05, 0) is 12.8 Å². The summed E-state index contributed by atoms with van der Waals surface area (Å²) in [7, 11) is 0. The summed E-state index contributed by atoms with van der Waals surface area (Å²) in [5.41, 5.74) is 5.50. The molecule has 0 bridgehead atoms. The van der Waals surface area contributed by atoms with E-state index in [9.17, 15) is 4.79 Å². The smallest absolute Gasteiger partial charge is 0.134 e. The third-order valence-electron chi connectivity index (χ3n) is 1.52. The Labute approximate surface area is 50.5 Å². The zero-order chi connectivity index (χ0) is 5.98. The van der Waals surface area contributed by atoms with Crippen molar-refractivity contribution in [1.82, 2.24) is 0 Å². The summed E-state index contributed by atoms with van der Waals surface area (Å²) >= 11 is 0. The fraction of sp³-hybridized carbons (Fsp3) is 0.833. The lowest BCUT2D eigenvalue weighted by molar-refractivity contribution is -0.120. The molecule has 48 valence electrons. The maximum Gasteiger partial charge on any atom is 0.134 e. The predicted molar refractivity (Wildman–Crippen MR) is 33.6 cm³/mol. The molecule has 1 aliphatic carbocycles. The Balaban J connectivity index is 0.000000640. The van der Waals surface area contributed by atoms with E-state index in [1.807, 2.05) is 0 Å². The number of ketones is 1. The number of hydrogen-bond acceptors (Lipinski definition) is 2. The third-order valence-corrected chi connectivity index (χ3v) is 1.52. The van der Waals surface area contributed by atoms with Crippen molar-refractivity contribution in [3.05, 3.63) is 0 Å². The van der Waals surface area contributed by atoms with Crippen LogP contribution in [0.25, 0.3) is 0 Å². The van der Waals surface area contributed by atoms with Crippen LogP contribution in [-0.4, -0.2) is 11.8 Å². The minimum absolute atomic E-state index is 0. The van der Waals surface area contributed by atoms with Gasteiger partial charge >= 0.3 is 0 Å². The Bertz CT molecular complexity index is 105. The summed E-state index contributed by atoms with van der Waals surface area (Å²) in [4.78, 5) is 10.6. The molecule has 2 N–H and O–H groups in total. The lowest BCUT2D eigenvalue weighted by Crippen LogP contribution is -2.27. The molecule has 2 nitrogen and oxygen atoms in total. The predicted octanol–water partition coefficient (Wildman–Crippen LogP) is 0.703. The molecule has 0 aromatic carbocycles. The summed E-state index contributed by atoms with van der Waals surface area (Å²) in [6.07, 6.45) is 3.40. The average molecular weight is 115 g/mol. The molecule has 2 heteroatoms. The monoisotopic (exact) mass is 115 g/mol. The van der Waals surface area contributed by atoms with E-state index < -0.39 is 0 Å². The maximum absolute atomic E-state index is 10.6. The Kier molecular flexibility index (Phi) is 1.63. The minimum atomic E-state index is 0. The summed E-state index contributed by atoms with van der Waals surface area (Å²) in [5, 5.41) is 0. The summed E-state index contributed by atoms with van der Waals surface area (Å²) in [6.45, 7) is 0. The fourth-order valence-corrected chi connectivity index (χ4v) is 1.06. The van der Waals surface area contributed by atoms with E-state index in [1.54, 1.807) is 0 Å². The first kappa shape index (κ1) is 5.76. The molecule has 0 aliphatic heterocycles. The van der Waals surface area contributed by atoms with Crippen molar-refractivity contribution in [3.63, 3.8) is 0 Å². The van der Waals surface area contributed by atoms with E-state index >= 15 is 0 Å². The van der Waals surface area contributed by atoms with Crippen LogP contribution in [0.1, 0.15) is 27.1 Å². The van der Waals surface area contributed by atoms with Crippen molar-refractivity contribution in [3.8, 4) is 0 Å². The minimum Gasteiger partial charge on any atom is -0.327 e.